The van der Waals surface area contributed by atoms with Gasteiger partial charge >= 0.3 is 0 Å². The van der Waals surface area contributed by atoms with Gasteiger partial charge in [-0.05, 0) is 75.8 Å². The molecule has 0 spiro atoms. The van der Waals surface area contributed by atoms with Crippen LogP contribution in [-0.2, 0) is 0 Å². The first-order valence-corrected chi connectivity index (χ1v) is 21.1. The van der Waals surface area contributed by atoms with Crippen LogP contribution < -0.4 is 4.90 Å². The van der Waals surface area contributed by atoms with Gasteiger partial charge in [-0.15, -0.1) is 11.3 Å². The van der Waals surface area contributed by atoms with E-state index in [1.807, 2.05) is 29.5 Å². The summed E-state index contributed by atoms with van der Waals surface area (Å²) in [6.07, 6.45) is 0. The largest absolute Gasteiger partial charge is 0.455 e. The van der Waals surface area contributed by atoms with Crippen molar-refractivity contribution in [2.24, 2.45) is 0 Å². The van der Waals surface area contributed by atoms with Gasteiger partial charge in [0.15, 0.2) is 0 Å². The SMILES string of the molecule is c1ccc2c(c1)oc1c(-c3ccc4ccc(N(c5ccc(-c6cccc7c6oc6ccccc67)c6ccccc56)c5cccc6c5sc5ccccc56)cc4c3)cccc12. The molecule has 13 aromatic rings. The van der Waals surface area contributed by atoms with Crippen molar-refractivity contribution in [3.8, 4) is 22.3 Å². The van der Waals surface area contributed by atoms with Crippen molar-refractivity contribution >= 4 is 114 Å². The molecular formula is C56H33NO2S. The lowest BCUT2D eigenvalue weighted by Crippen LogP contribution is -2.11. The summed E-state index contributed by atoms with van der Waals surface area (Å²) in [4.78, 5) is 2.47. The van der Waals surface area contributed by atoms with Crippen LogP contribution in [0.2, 0.25) is 0 Å². The highest BCUT2D eigenvalue weighted by molar-refractivity contribution is 7.26. The van der Waals surface area contributed by atoms with Crippen LogP contribution >= 0.6 is 11.3 Å². The molecule has 3 nitrogen and oxygen atoms in total. The summed E-state index contributed by atoms with van der Waals surface area (Å²) in [5.41, 5.74) is 11.4. The summed E-state index contributed by atoms with van der Waals surface area (Å²) in [6, 6.07) is 72.1. The lowest BCUT2D eigenvalue weighted by molar-refractivity contribution is 0.669. The Balaban J connectivity index is 1.04. The fraction of sp³-hybridized carbons (Fsp3) is 0. The molecule has 0 aliphatic carbocycles. The third kappa shape index (κ3) is 4.95. The molecule has 0 bridgehead atoms. The Labute approximate surface area is 348 Å². The van der Waals surface area contributed by atoms with E-state index in [9.17, 15) is 0 Å². The molecule has 0 amide bonds. The van der Waals surface area contributed by atoms with E-state index in [-0.39, 0.29) is 0 Å². The van der Waals surface area contributed by atoms with Crippen LogP contribution in [-0.4, -0.2) is 0 Å². The molecular weight excluding hydrogens is 751 g/mol. The first-order chi connectivity index (χ1) is 29.7. The number of hydrogen-bond donors (Lipinski definition) is 0. The van der Waals surface area contributed by atoms with E-state index >= 15 is 0 Å². The monoisotopic (exact) mass is 783 g/mol. The number of benzene rings is 10. The minimum Gasteiger partial charge on any atom is -0.455 e. The van der Waals surface area contributed by atoms with E-state index in [2.05, 4.69) is 187 Å². The molecule has 60 heavy (non-hydrogen) atoms. The Hall–Kier alpha value is -7.66. The molecule has 280 valence electrons. The second kappa shape index (κ2) is 12.9. The number of furan rings is 2. The predicted molar refractivity (Wildman–Crippen MR) is 254 cm³/mol. The van der Waals surface area contributed by atoms with Crippen LogP contribution in [0.1, 0.15) is 0 Å². The van der Waals surface area contributed by atoms with Gasteiger partial charge in [-0.2, -0.15) is 0 Å². The molecule has 0 saturated heterocycles. The maximum Gasteiger partial charge on any atom is 0.143 e. The molecule has 4 heteroatoms. The maximum absolute atomic E-state index is 6.59. The Bertz CT molecular complexity index is 3870. The van der Waals surface area contributed by atoms with Crippen LogP contribution in [0.5, 0.6) is 0 Å². The molecule has 0 aliphatic rings. The van der Waals surface area contributed by atoms with Crippen molar-refractivity contribution in [2.75, 3.05) is 4.90 Å². The van der Waals surface area contributed by atoms with Crippen molar-refractivity contribution in [3.05, 3.63) is 200 Å². The molecule has 3 heterocycles. The van der Waals surface area contributed by atoms with Gasteiger partial charge in [-0.3, -0.25) is 0 Å². The smallest absolute Gasteiger partial charge is 0.143 e. The first kappa shape index (κ1) is 33.3. The Morgan fingerprint density at radius 1 is 0.350 bits per heavy atom. The maximum atomic E-state index is 6.59. The van der Waals surface area contributed by atoms with E-state index in [1.54, 1.807) is 0 Å². The van der Waals surface area contributed by atoms with Gasteiger partial charge in [0.1, 0.15) is 22.3 Å². The molecule has 0 saturated carbocycles. The molecule has 13 rings (SSSR count). The van der Waals surface area contributed by atoms with Crippen LogP contribution in [0, 0.1) is 0 Å². The molecule has 0 atom stereocenters. The standard InChI is InChI=1S/C56H33NO2S/c1-2-13-41-39(12-1)40(45-18-10-20-47-43-15-4-7-24-52(43)59-55(45)47)30-31-49(41)57(50-22-11-21-48-44-16-5-8-25-53(44)60-56(48)50)37-29-28-34-26-27-35(32-36(34)33-37)38-17-9-19-46-42-14-3-6-23-51(42)58-54(38)46/h1-33H. The Morgan fingerprint density at radius 3 is 1.73 bits per heavy atom. The number of hydrogen-bond acceptors (Lipinski definition) is 4. The minimum atomic E-state index is 0.900. The molecule has 0 N–H and O–H groups in total. The highest BCUT2D eigenvalue weighted by atomic mass is 32.1. The van der Waals surface area contributed by atoms with Gasteiger partial charge in [0.25, 0.3) is 0 Å². The molecule has 0 aliphatic heterocycles. The van der Waals surface area contributed by atoms with E-state index < -0.39 is 0 Å². The first-order valence-electron chi connectivity index (χ1n) is 20.3. The summed E-state index contributed by atoms with van der Waals surface area (Å²) in [7, 11) is 0. The minimum absolute atomic E-state index is 0.900. The quantitative estimate of drug-likeness (QED) is 0.174. The van der Waals surface area contributed by atoms with Crippen molar-refractivity contribution in [3.63, 3.8) is 0 Å². The highest BCUT2D eigenvalue weighted by Crippen LogP contribution is 2.49. The zero-order chi connectivity index (χ0) is 39.3. The second-order valence-corrected chi connectivity index (χ2v) is 16.6. The second-order valence-electron chi connectivity index (χ2n) is 15.6. The Kier molecular flexibility index (Phi) is 7.18. The Morgan fingerprint density at radius 2 is 0.950 bits per heavy atom. The van der Waals surface area contributed by atoms with Crippen molar-refractivity contribution in [2.45, 2.75) is 0 Å². The van der Waals surface area contributed by atoms with Crippen molar-refractivity contribution < 1.29 is 8.83 Å². The van der Waals surface area contributed by atoms with Crippen LogP contribution in [0.3, 0.4) is 0 Å². The number of anilines is 3. The average Bonchev–Trinajstić information content (AvgIpc) is 4.01. The fourth-order valence-corrected chi connectivity index (χ4v) is 10.7. The number of fused-ring (bicyclic) bond motifs is 11. The van der Waals surface area contributed by atoms with Gasteiger partial charge in [-0.25, -0.2) is 0 Å². The molecule has 0 unspecified atom stereocenters. The number of para-hydroxylation sites is 4. The molecule has 0 fully saturated rings. The van der Waals surface area contributed by atoms with E-state index in [1.165, 1.54) is 30.9 Å². The fourth-order valence-electron chi connectivity index (χ4n) is 9.50. The predicted octanol–water partition coefficient (Wildman–Crippen LogP) is 17.0. The van der Waals surface area contributed by atoms with Gasteiger partial charge in [-0.1, -0.05) is 152 Å². The lowest BCUT2D eigenvalue weighted by Gasteiger charge is -2.28. The summed E-state index contributed by atoms with van der Waals surface area (Å²) < 4.78 is 15.6. The summed E-state index contributed by atoms with van der Waals surface area (Å²) in [5, 5.41) is 11.7. The topological polar surface area (TPSA) is 29.5 Å². The number of thiophene rings is 1. The normalized spacial score (nSPS) is 12.0. The third-order valence-electron chi connectivity index (χ3n) is 12.3. The van der Waals surface area contributed by atoms with Crippen molar-refractivity contribution in [1.29, 1.82) is 0 Å². The van der Waals surface area contributed by atoms with Gasteiger partial charge < -0.3 is 13.7 Å². The van der Waals surface area contributed by atoms with E-state index in [0.29, 0.717) is 0 Å². The lowest BCUT2D eigenvalue weighted by atomic mass is 9.94. The van der Waals surface area contributed by atoms with E-state index in [0.717, 1.165) is 94.0 Å². The van der Waals surface area contributed by atoms with Gasteiger partial charge in [0.2, 0.25) is 0 Å². The molecule has 0 radical (unpaired) electrons. The zero-order valence-electron chi connectivity index (χ0n) is 32.2. The van der Waals surface area contributed by atoms with Gasteiger partial charge in [0, 0.05) is 59.2 Å². The summed E-state index contributed by atoms with van der Waals surface area (Å²) >= 11 is 1.86. The van der Waals surface area contributed by atoms with Crippen LogP contribution in [0.25, 0.3) is 108 Å². The average molecular weight is 784 g/mol. The van der Waals surface area contributed by atoms with E-state index in [4.69, 9.17) is 8.83 Å². The van der Waals surface area contributed by atoms with Gasteiger partial charge in [0.05, 0.1) is 16.1 Å². The zero-order valence-corrected chi connectivity index (χ0v) is 33.0. The number of nitrogens with zero attached hydrogens (tertiary/aromatic N) is 1. The highest BCUT2D eigenvalue weighted by Gasteiger charge is 2.23. The van der Waals surface area contributed by atoms with Crippen molar-refractivity contribution in [1.82, 2.24) is 0 Å². The summed E-state index contributed by atoms with van der Waals surface area (Å²) in [6.45, 7) is 0. The molecule has 10 aromatic carbocycles. The van der Waals surface area contributed by atoms with Crippen LogP contribution in [0.4, 0.5) is 17.1 Å². The molecule has 3 aromatic heterocycles. The van der Waals surface area contributed by atoms with Crippen LogP contribution in [0.15, 0.2) is 209 Å². The summed E-state index contributed by atoms with van der Waals surface area (Å²) in [5.74, 6) is 0. The number of rotatable bonds is 5. The third-order valence-corrected chi connectivity index (χ3v) is 13.5.